The van der Waals surface area contributed by atoms with Crippen LogP contribution in [0, 0.1) is 0 Å². The Morgan fingerprint density at radius 2 is 2.00 bits per heavy atom. The second-order valence-corrected chi connectivity index (χ2v) is 4.52. The molecule has 16 heavy (non-hydrogen) atoms. The summed E-state index contributed by atoms with van der Waals surface area (Å²) in [5.41, 5.74) is 0.483. The molecule has 0 amide bonds. The molecule has 1 N–H and O–H groups in total. The average Bonchev–Trinajstić information content (AvgIpc) is 2.27. The SMILES string of the molecule is CN(C)C(C)(C)COc1ccc(CO)nn1. The standard InChI is InChI=1S/C11H19N3O2/c1-11(2,14(3)4)8-16-10-6-5-9(7-15)12-13-10/h5-6,15H,7-8H2,1-4H3. The average molecular weight is 225 g/mol. The van der Waals surface area contributed by atoms with E-state index in [2.05, 4.69) is 28.9 Å². The van der Waals surface area contributed by atoms with Gasteiger partial charge in [0.05, 0.1) is 12.3 Å². The zero-order valence-corrected chi connectivity index (χ0v) is 10.3. The van der Waals surface area contributed by atoms with Crippen molar-refractivity contribution in [3.63, 3.8) is 0 Å². The summed E-state index contributed by atoms with van der Waals surface area (Å²) in [4.78, 5) is 2.09. The number of hydrogen-bond acceptors (Lipinski definition) is 5. The molecular formula is C11H19N3O2. The molecule has 0 saturated heterocycles. The third kappa shape index (κ3) is 3.43. The second kappa shape index (κ2) is 5.23. The molecule has 0 spiro atoms. The largest absolute Gasteiger partial charge is 0.475 e. The van der Waals surface area contributed by atoms with Crippen molar-refractivity contribution in [2.75, 3.05) is 20.7 Å². The Kier molecular flexibility index (Phi) is 4.20. The lowest BCUT2D eigenvalue weighted by Crippen LogP contribution is -2.43. The van der Waals surface area contributed by atoms with Crippen LogP contribution in [-0.4, -0.2) is 46.4 Å². The smallest absolute Gasteiger partial charge is 0.233 e. The van der Waals surface area contributed by atoms with Crippen molar-refractivity contribution in [3.8, 4) is 5.88 Å². The molecular weight excluding hydrogens is 206 g/mol. The highest BCUT2D eigenvalue weighted by Crippen LogP contribution is 2.13. The normalized spacial score (nSPS) is 11.9. The highest BCUT2D eigenvalue weighted by Gasteiger charge is 2.21. The molecule has 90 valence electrons. The number of aliphatic hydroxyl groups is 1. The predicted octanol–water partition coefficient (Wildman–Crippen LogP) is 0.688. The molecule has 0 aromatic carbocycles. The molecule has 5 nitrogen and oxygen atoms in total. The van der Waals surface area contributed by atoms with E-state index < -0.39 is 0 Å². The number of aromatic nitrogens is 2. The maximum absolute atomic E-state index is 8.81. The van der Waals surface area contributed by atoms with Gasteiger partial charge in [-0.2, -0.15) is 0 Å². The van der Waals surface area contributed by atoms with Crippen LogP contribution >= 0.6 is 0 Å². The van der Waals surface area contributed by atoms with Crippen molar-refractivity contribution in [1.82, 2.24) is 15.1 Å². The molecule has 0 atom stereocenters. The van der Waals surface area contributed by atoms with Gasteiger partial charge in [0.2, 0.25) is 5.88 Å². The Morgan fingerprint density at radius 1 is 1.31 bits per heavy atom. The van der Waals surface area contributed by atoms with Crippen molar-refractivity contribution in [3.05, 3.63) is 17.8 Å². The van der Waals surface area contributed by atoms with Crippen molar-refractivity contribution in [2.45, 2.75) is 26.0 Å². The summed E-state index contributed by atoms with van der Waals surface area (Å²) in [6, 6.07) is 3.41. The molecule has 0 aliphatic heterocycles. The third-order valence-electron chi connectivity index (χ3n) is 2.64. The number of ether oxygens (including phenoxy) is 1. The Labute approximate surface area is 96.1 Å². The molecule has 0 unspecified atom stereocenters. The Bertz CT molecular complexity index is 323. The first-order valence-corrected chi connectivity index (χ1v) is 5.19. The zero-order chi connectivity index (χ0) is 12.2. The van der Waals surface area contributed by atoms with Gasteiger partial charge >= 0.3 is 0 Å². The van der Waals surface area contributed by atoms with Gasteiger partial charge in [-0.3, -0.25) is 0 Å². The number of rotatable bonds is 5. The van der Waals surface area contributed by atoms with Gasteiger partial charge < -0.3 is 14.7 Å². The highest BCUT2D eigenvalue weighted by atomic mass is 16.5. The van der Waals surface area contributed by atoms with Gasteiger partial charge in [0.25, 0.3) is 0 Å². The van der Waals surface area contributed by atoms with Gasteiger partial charge in [0.1, 0.15) is 6.61 Å². The van der Waals surface area contributed by atoms with E-state index in [0.29, 0.717) is 18.2 Å². The predicted molar refractivity (Wildman–Crippen MR) is 61.2 cm³/mol. The summed E-state index contributed by atoms with van der Waals surface area (Å²) in [5.74, 6) is 0.479. The van der Waals surface area contributed by atoms with Crippen LogP contribution in [-0.2, 0) is 6.61 Å². The fourth-order valence-corrected chi connectivity index (χ4v) is 0.889. The van der Waals surface area contributed by atoms with E-state index in [9.17, 15) is 0 Å². The Morgan fingerprint density at radius 3 is 2.44 bits per heavy atom. The second-order valence-electron chi connectivity index (χ2n) is 4.52. The van der Waals surface area contributed by atoms with E-state index in [1.807, 2.05) is 14.1 Å². The van der Waals surface area contributed by atoms with E-state index in [-0.39, 0.29) is 12.1 Å². The number of likely N-dealkylation sites (N-methyl/N-ethyl adjacent to an activating group) is 1. The van der Waals surface area contributed by atoms with Gasteiger partial charge in [-0.15, -0.1) is 10.2 Å². The van der Waals surface area contributed by atoms with Crippen LogP contribution in [0.1, 0.15) is 19.5 Å². The summed E-state index contributed by atoms with van der Waals surface area (Å²) >= 11 is 0. The van der Waals surface area contributed by atoms with Gasteiger partial charge in [0.15, 0.2) is 0 Å². The molecule has 1 aromatic heterocycles. The molecule has 0 aliphatic carbocycles. The number of aliphatic hydroxyl groups excluding tert-OH is 1. The van der Waals surface area contributed by atoms with Crippen molar-refractivity contribution in [2.24, 2.45) is 0 Å². The molecule has 1 heterocycles. The lowest BCUT2D eigenvalue weighted by atomic mass is 10.1. The van der Waals surface area contributed by atoms with Crippen LogP contribution in [0.5, 0.6) is 5.88 Å². The monoisotopic (exact) mass is 225 g/mol. The Balaban J connectivity index is 2.54. The van der Waals surface area contributed by atoms with Crippen LogP contribution in [0.4, 0.5) is 0 Å². The number of nitrogens with zero attached hydrogens (tertiary/aromatic N) is 3. The van der Waals surface area contributed by atoms with Crippen molar-refractivity contribution >= 4 is 0 Å². The lowest BCUT2D eigenvalue weighted by Gasteiger charge is -2.31. The van der Waals surface area contributed by atoms with E-state index in [0.717, 1.165) is 0 Å². The van der Waals surface area contributed by atoms with Crippen LogP contribution in [0.3, 0.4) is 0 Å². The van der Waals surface area contributed by atoms with Gasteiger partial charge in [-0.25, -0.2) is 0 Å². The minimum absolute atomic E-state index is 0.0582. The van der Waals surface area contributed by atoms with Gasteiger partial charge in [-0.1, -0.05) is 0 Å². The first-order chi connectivity index (χ1) is 7.45. The van der Waals surface area contributed by atoms with Crippen LogP contribution in [0.2, 0.25) is 0 Å². The Hall–Kier alpha value is -1.20. The topological polar surface area (TPSA) is 58.5 Å². The fourth-order valence-electron chi connectivity index (χ4n) is 0.889. The summed E-state index contributed by atoms with van der Waals surface area (Å²) in [6.45, 7) is 4.61. The molecule has 0 saturated carbocycles. The van der Waals surface area contributed by atoms with Crippen LogP contribution in [0.25, 0.3) is 0 Å². The minimum Gasteiger partial charge on any atom is -0.475 e. The van der Waals surface area contributed by atoms with Crippen molar-refractivity contribution in [1.29, 1.82) is 0 Å². The molecule has 0 bridgehead atoms. The van der Waals surface area contributed by atoms with Crippen molar-refractivity contribution < 1.29 is 9.84 Å². The fraction of sp³-hybridized carbons (Fsp3) is 0.636. The van der Waals surface area contributed by atoms with Crippen LogP contribution in [0.15, 0.2) is 12.1 Å². The first kappa shape index (κ1) is 12.9. The summed E-state index contributed by atoms with van der Waals surface area (Å²) < 4.78 is 5.53. The molecule has 0 radical (unpaired) electrons. The van der Waals surface area contributed by atoms with Crippen LogP contribution < -0.4 is 4.74 Å². The van der Waals surface area contributed by atoms with Gasteiger partial charge in [-0.05, 0) is 34.0 Å². The summed E-state index contributed by atoms with van der Waals surface area (Å²) in [6.07, 6.45) is 0. The summed E-state index contributed by atoms with van der Waals surface area (Å²) in [5, 5.41) is 16.5. The molecule has 1 rings (SSSR count). The molecule has 0 aliphatic rings. The quantitative estimate of drug-likeness (QED) is 0.799. The summed E-state index contributed by atoms with van der Waals surface area (Å²) in [7, 11) is 4.01. The maximum atomic E-state index is 8.81. The first-order valence-electron chi connectivity index (χ1n) is 5.19. The lowest BCUT2D eigenvalue weighted by molar-refractivity contribution is 0.110. The third-order valence-corrected chi connectivity index (χ3v) is 2.64. The maximum Gasteiger partial charge on any atom is 0.233 e. The molecule has 5 heteroatoms. The van der Waals surface area contributed by atoms with E-state index in [1.165, 1.54) is 0 Å². The van der Waals surface area contributed by atoms with Gasteiger partial charge in [0, 0.05) is 11.6 Å². The minimum atomic E-state index is -0.101. The number of hydrogen-bond donors (Lipinski definition) is 1. The van der Waals surface area contributed by atoms with E-state index in [4.69, 9.17) is 9.84 Å². The van der Waals surface area contributed by atoms with E-state index in [1.54, 1.807) is 12.1 Å². The van der Waals surface area contributed by atoms with E-state index >= 15 is 0 Å². The molecule has 0 fully saturated rings. The molecule has 1 aromatic rings. The highest BCUT2D eigenvalue weighted by molar-refractivity contribution is 5.11. The zero-order valence-electron chi connectivity index (χ0n) is 10.3.